The van der Waals surface area contributed by atoms with Crippen molar-refractivity contribution in [3.63, 3.8) is 0 Å². The molecule has 8 nitrogen and oxygen atoms in total. The minimum absolute atomic E-state index is 0. The van der Waals surface area contributed by atoms with Gasteiger partial charge in [-0.2, -0.15) is 0 Å². The molecule has 0 aliphatic rings. The van der Waals surface area contributed by atoms with E-state index in [2.05, 4.69) is 27.7 Å². The van der Waals surface area contributed by atoms with Crippen molar-refractivity contribution >= 4 is 71.7 Å². The molecule has 0 bridgehead atoms. The molecule has 0 saturated carbocycles. The van der Waals surface area contributed by atoms with Crippen LogP contribution in [-0.2, 0) is 19.2 Å². The van der Waals surface area contributed by atoms with Crippen molar-refractivity contribution in [1.82, 2.24) is 0 Å². The number of carboxylic acid groups (broad SMARTS) is 4. The van der Waals surface area contributed by atoms with Crippen LogP contribution in [0.25, 0.3) is 0 Å². The summed E-state index contributed by atoms with van der Waals surface area (Å²) in [4.78, 5) is 40.1. The monoisotopic (exact) mass is 820 g/mol. The van der Waals surface area contributed by atoms with Gasteiger partial charge in [0.2, 0.25) is 0 Å². The van der Waals surface area contributed by atoms with Crippen LogP contribution in [0.4, 0.5) is 0 Å². The molecular formula is C32H68O8Sn2. The Bertz CT molecular complexity index is 465. The van der Waals surface area contributed by atoms with Crippen LogP contribution in [0, 0.1) is 0 Å². The third-order valence-corrected chi connectivity index (χ3v) is 5.98. The molecule has 10 heteroatoms. The van der Waals surface area contributed by atoms with Crippen LogP contribution in [0.5, 0.6) is 0 Å². The van der Waals surface area contributed by atoms with Gasteiger partial charge >= 0.3 is 71.7 Å². The van der Waals surface area contributed by atoms with Crippen molar-refractivity contribution in [3.8, 4) is 0 Å². The summed E-state index contributed by atoms with van der Waals surface area (Å²) in [7, 11) is 0. The molecule has 0 aromatic carbocycles. The Hall–Kier alpha value is -0.523. The van der Waals surface area contributed by atoms with Crippen LogP contribution in [-0.4, -0.2) is 92.1 Å². The SMILES string of the molecule is CCCCCCCC(=O)O.CCCCCCCC(=O)O.CCCCCCCC(=O)O.CCCCCCCC(=O)O.[SnH2].[SnH2]. The summed E-state index contributed by atoms with van der Waals surface area (Å²) in [6.45, 7) is 8.60. The molecule has 252 valence electrons. The summed E-state index contributed by atoms with van der Waals surface area (Å²) in [6.07, 6.45) is 23.5. The molecule has 4 N–H and O–H groups in total. The second kappa shape index (κ2) is 50.1. The number of aliphatic carboxylic acids is 4. The Balaban J connectivity index is -0.000000101. The third kappa shape index (κ3) is 77.4. The molecule has 0 atom stereocenters. The van der Waals surface area contributed by atoms with E-state index in [1.807, 2.05) is 0 Å². The van der Waals surface area contributed by atoms with Crippen LogP contribution >= 0.6 is 0 Å². The summed E-state index contributed by atoms with van der Waals surface area (Å²) >= 11 is 0. The van der Waals surface area contributed by atoms with E-state index in [0.717, 1.165) is 51.4 Å². The maximum absolute atomic E-state index is 10.0. The van der Waals surface area contributed by atoms with E-state index in [-0.39, 0.29) is 47.8 Å². The first-order chi connectivity index (χ1) is 19.1. The first-order valence-electron chi connectivity index (χ1n) is 16.0. The zero-order chi connectivity index (χ0) is 31.3. The molecule has 42 heavy (non-hydrogen) atoms. The normalized spacial score (nSPS) is 9.24. The predicted molar refractivity (Wildman–Crippen MR) is 181 cm³/mol. The van der Waals surface area contributed by atoms with Gasteiger partial charge in [0.25, 0.3) is 0 Å². The average Bonchev–Trinajstić information content (AvgIpc) is 2.89. The van der Waals surface area contributed by atoms with Crippen LogP contribution in [0.3, 0.4) is 0 Å². The fourth-order valence-electron chi connectivity index (χ4n) is 3.52. The van der Waals surface area contributed by atoms with E-state index in [9.17, 15) is 19.2 Å². The molecule has 0 heterocycles. The zero-order valence-corrected chi connectivity index (χ0v) is 35.9. The van der Waals surface area contributed by atoms with Crippen molar-refractivity contribution in [2.45, 2.75) is 182 Å². The van der Waals surface area contributed by atoms with Crippen molar-refractivity contribution in [2.24, 2.45) is 0 Å². The summed E-state index contributed by atoms with van der Waals surface area (Å²) in [5, 5.41) is 33.1. The van der Waals surface area contributed by atoms with E-state index in [1.165, 1.54) is 77.0 Å². The Morgan fingerprint density at radius 2 is 0.452 bits per heavy atom. The van der Waals surface area contributed by atoms with E-state index < -0.39 is 23.9 Å². The van der Waals surface area contributed by atoms with Crippen LogP contribution in [0.2, 0.25) is 0 Å². The molecule has 0 aliphatic heterocycles. The van der Waals surface area contributed by atoms with E-state index >= 15 is 0 Å². The number of carboxylic acids is 4. The van der Waals surface area contributed by atoms with Crippen LogP contribution in [0.15, 0.2) is 0 Å². The molecular weight excluding hydrogens is 750 g/mol. The summed E-state index contributed by atoms with van der Waals surface area (Å²) in [5.74, 6) is -2.68. The molecule has 0 fully saturated rings. The van der Waals surface area contributed by atoms with Crippen molar-refractivity contribution in [3.05, 3.63) is 0 Å². The fourth-order valence-corrected chi connectivity index (χ4v) is 3.52. The summed E-state index contributed by atoms with van der Waals surface area (Å²) in [5.41, 5.74) is 0. The van der Waals surface area contributed by atoms with E-state index in [1.54, 1.807) is 0 Å². The van der Waals surface area contributed by atoms with Gasteiger partial charge < -0.3 is 20.4 Å². The van der Waals surface area contributed by atoms with Crippen LogP contribution in [0.1, 0.15) is 182 Å². The number of rotatable bonds is 24. The predicted octanol–water partition coefficient (Wildman–Crippen LogP) is 7.89. The van der Waals surface area contributed by atoms with E-state index in [4.69, 9.17) is 20.4 Å². The molecule has 0 rings (SSSR count). The number of unbranched alkanes of at least 4 members (excludes halogenated alkanes) is 16. The second-order valence-corrected chi connectivity index (χ2v) is 10.2. The molecule has 0 amide bonds. The van der Waals surface area contributed by atoms with Gasteiger partial charge in [-0.1, -0.05) is 130 Å². The average molecular weight is 818 g/mol. The van der Waals surface area contributed by atoms with Crippen LogP contribution < -0.4 is 0 Å². The van der Waals surface area contributed by atoms with Gasteiger partial charge in [-0.25, -0.2) is 0 Å². The third-order valence-electron chi connectivity index (χ3n) is 5.98. The van der Waals surface area contributed by atoms with Crippen molar-refractivity contribution < 1.29 is 39.6 Å². The Labute approximate surface area is 291 Å². The number of hydrogen-bond donors (Lipinski definition) is 4. The van der Waals surface area contributed by atoms with Gasteiger partial charge in [0.15, 0.2) is 0 Å². The van der Waals surface area contributed by atoms with Crippen molar-refractivity contribution in [1.29, 1.82) is 0 Å². The molecule has 0 aliphatic carbocycles. The first kappa shape index (κ1) is 54.0. The minimum atomic E-state index is -0.670. The zero-order valence-electron chi connectivity index (χ0n) is 27.8. The maximum atomic E-state index is 10.0. The van der Waals surface area contributed by atoms with Gasteiger partial charge in [0, 0.05) is 25.7 Å². The Kier molecular flexibility index (Phi) is 64.4. The van der Waals surface area contributed by atoms with Gasteiger partial charge in [-0.15, -0.1) is 0 Å². The van der Waals surface area contributed by atoms with Crippen molar-refractivity contribution in [2.75, 3.05) is 0 Å². The van der Waals surface area contributed by atoms with Gasteiger partial charge in [0.1, 0.15) is 0 Å². The Morgan fingerprint density at radius 1 is 0.310 bits per heavy atom. The van der Waals surface area contributed by atoms with E-state index in [0.29, 0.717) is 25.7 Å². The molecule has 0 aromatic heterocycles. The molecule has 0 spiro atoms. The summed E-state index contributed by atoms with van der Waals surface area (Å²) in [6, 6.07) is 0. The fraction of sp³-hybridized carbons (Fsp3) is 0.875. The number of carbonyl (C=O) groups is 4. The number of hydrogen-bond acceptors (Lipinski definition) is 4. The molecule has 4 radical (unpaired) electrons. The first-order valence-corrected chi connectivity index (χ1v) is 16.0. The van der Waals surface area contributed by atoms with Gasteiger partial charge in [-0.05, 0) is 25.7 Å². The summed E-state index contributed by atoms with van der Waals surface area (Å²) < 4.78 is 0. The Morgan fingerprint density at radius 3 is 0.571 bits per heavy atom. The van der Waals surface area contributed by atoms with Gasteiger partial charge in [-0.3, -0.25) is 19.2 Å². The quantitative estimate of drug-likeness (QED) is 0.0568. The standard InChI is InChI=1S/4C8H16O2.2Sn.4H/c4*1-2-3-4-5-6-7-8(9)10;;;;;;/h4*2-7H2,1H3,(H,9,10);;;;;;. The molecule has 0 aromatic rings. The topological polar surface area (TPSA) is 149 Å². The second-order valence-electron chi connectivity index (χ2n) is 10.2. The van der Waals surface area contributed by atoms with Gasteiger partial charge in [0.05, 0.1) is 0 Å². The molecule has 0 unspecified atom stereocenters. The molecule has 0 saturated heterocycles.